The normalized spacial score (nSPS) is 18.0. The van der Waals surface area contributed by atoms with Crippen LogP contribution in [0.4, 0.5) is 0 Å². The Morgan fingerprint density at radius 3 is 2.38 bits per heavy atom. The average Bonchev–Trinajstić information content (AvgIpc) is 2.49. The van der Waals surface area contributed by atoms with Crippen LogP contribution in [-0.2, 0) is 11.3 Å². The fraction of sp³-hybridized carbons (Fsp3) is 0.588. The fourth-order valence-electron chi connectivity index (χ4n) is 2.65. The number of hydrogen-bond acceptors (Lipinski definition) is 3. The summed E-state index contributed by atoms with van der Waals surface area (Å²) in [6, 6.07) is 8.12. The minimum absolute atomic E-state index is 0.0977. The molecule has 1 atom stereocenters. The van der Waals surface area contributed by atoms with Crippen molar-refractivity contribution in [1.82, 2.24) is 9.80 Å². The Labute approximate surface area is 127 Å². The molecular weight excluding hydrogens is 262 g/mol. The van der Waals surface area contributed by atoms with Gasteiger partial charge in [0.2, 0.25) is 5.91 Å². The number of nitrogens with two attached hydrogens (primary N) is 1. The maximum atomic E-state index is 12.2. The summed E-state index contributed by atoms with van der Waals surface area (Å²) >= 11 is 0. The van der Waals surface area contributed by atoms with Crippen molar-refractivity contribution in [2.45, 2.75) is 33.4 Å². The molecule has 1 aliphatic heterocycles. The average molecular weight is 289 g/mol. The van der Waals surface area contributed by atoms with Crippen molar-refractivity contribution in [2.75, 3.05) is 26.2 Å². The van der Waals surface area contributed by atoms with Crippen LogP contribution in [0, 0.1) is 12.8 Å². The predicted octanol–water partition coefficient (Wildman–Crippen LogP) is 1.62. The van der Waals surface area contributed by atoms with Crippen molar-refractivity contribution >= 4 is 5.91 Å². The quantitative estimate of drug-likeness (QED) is 0.916. The van der Waals surface area contributed by atoms with Crippen LogP contribution in [0.5, 0.6) is 0 Å². The number of carbonyl (C=O) groups excluding carboxylic acids is 1. The second kappa shape index (κ2) is 7.05. The third kappa shape index (κ3) is 4.05. The minimum Gasteiger partial charge on any atom is -0.339 e. The highest BCUT2D eigenvalue weighted by Crippen LogP contribution is 2.13. The molecule has 1 aromatic carbocycles. The first-order chi connectivity index (χ1) is 9.99. The van der Waals surface area contributed by atoms with E-state index in [0.29, 0.717) is 0 Å². The zero-order chi connectivity index (χ0) is 15.4. The standard InChI is InChI=1S/C17H27N3O/c1-13(2)16(18)17(21)20-10-8-19(9-11-20)12-15-7-5-4-6-14(15)3/h4-7,13,16H,8-12,18H2,1-3H3/t16-/m0/s1. The van der Waals surface area contributed by atoms with Gasteiger partial charge in [-0.05, 0) is 24.0 Å². The zero-order valence-electron chi connectivity index (χ0n) is 13.4. The van der Waals surface area contributed by atoms with E-state index in [-0.39, 0.29) is 17.9 Å². The second-order valence-corrected chi connectivity index (χ2v) is 6.30. The molecule has 1 saturated heterocycles. The highest BCUT2D eigenvalue weighted by Gasteiger charge is 2.26. The molecule has 2 N–H and O–H groups in total. The lowest BCUT2D eigenvalue weighted by Crippen LogP contribution is -2.54. The van der Waals surface area contributed by atoms with Crippen LogP contribution < -0.4 is 5.73 Å². The molecule has 1 fully saturated rings. The SMILES string of the molecule is Cc1ccccc1CN1CCN(C(=O)[C@@H](N)C(C)C)CC1. The van der Waals surface area contributed by atoms with Crippen LogP contribution >= 0.6 is 0 Å². The monoisotopic (exact) mass is 289 g/mol. The lowest BCUT2D eigenvalue weighted by molar-refractivity contribution is -0.135. The van der Waals surface area contributed by atoms with Crippen molar-refractivity contribution in [3.63, 3.8) is 0 Å². The molecule has 1 amide bonds. The van der Waals surface area contributed by atoms with E-state index in [4.69, 9.17) is 5.73 Å². The molecule has 1 aromatic rings. The van der Waals surface area contributed by atoms with Crippen LogP contribution in [0.25, 0.3) is 0 Å². The zero-order valence-corrected chi connectivity index (χ0v) is 13.4. The molecule has 0 saturated carbocycles. The first kappa shape index (κ1) is 16.0. The predicted molar refractivity (Wildman–Crippen MR) is 85.8 cm³/mol. The highest BCUT2D eigenvalue weighted by molar-refractivity contribution is 5.82. The Morgan fingerprint density at radius 1 is 1.19 bits per heavy atom. The lowest BCUT2D eigenvalue weighted by atomic mass is 10.0. The molecule has 4 heteroatoms. The van der Waals surface area contributed by atoms with E-state index >= 15 is 0 Å². The van der Waals surface area contributed by atoms with Crippen molar-refractivity contribution in [3.05, 3.63) is 35.4 Å². The van der Waals surface area contributed by atoms with Crippen molar-refractivity contribution in [3.8, 4) is 0 Å². The van der Waals surface area contributed by atoms with Gasteiger partial charge in [0.25, 0.3) is 0 Å². The van der Waals surface area contributed by atoms with Gasteiger partial charge in [-0.2, -0.15) is 0 Å². The number of benzene rings is 1. The molecule has 0 aliphatic carbocycles. The van der Waals surface area contributed by atoms with Crippen molar-refractivity contribution in [1.29, 1.82) is 0 Å². The van der Waals surface area contributed by atoms with Crippen LogP contribution in [-0.4, -0.2) is 47.9 Å². The van der Waals surface area contributed by atoms with Gasteiger partial charge in [0.05, 0.1) is 6.04 Å². The van der Waals surface area contributed by atoms with Crippen LogP contribution in [0.15, 0.2) is 24.3 Å². The maximum Gasteiger partial charge on any atom is 0.239 e. The van der Waals surface area contributed by atoms with E-state index in [2.05, 4.69) is 36.1 Å². The lowest BCUT2D eigenvalue weighted by Gasteiger charge is -2.36. The molecule has 0 radical (unpaired) electrons. The molecule has 4 nitrogen and oxygen atoms in total. The Balaban J connectivity index is 1.86. The van der Waals surface area contributed by atoms with Crippen LogP contribution in [0.2, 0.25) is 0 Å². The summed E-state index contributed by atoms with van der Waals surface area (Å²) in [5, 5.41) is 0. The number of rotatable bonds is 4. The number of amides is 1. The Morgan fingerprint density at radius 2 is 1.81 bits per heavy atom. The van der Waals surface area contributed by atoms with Gasteiger partial charge >= 0.3 is 0 Å². The summed E-state index contributed by atoms with van der Waals surface area (Å²) < 4.78 is 0. The Hall–Kier alpha value is -1.39. The van der Waals surface area contributed by atoms with Crippen LogP contribution in [0.3, 0.4) is 0 Å². The third-order valence-electron chi connectivity index (χ3n) is 4.34. The second-order valence-electron chi connectivity index (χ2n) is 6.30. The van der Waals surface area contributed by atoms with Gasteiger partial charge in [0.15, 0.2) is 0 Å². The summed E-state index contributed by atoms with van der Waals surface area (Å²) in [5.41, 5.74) is 8.67. The maximum absolute atomic E-state index is 12.2. The van der Waals surface area contributed by atoms with Crippen LogP contribution in [0.1, 0.15) is 25.0 Å². The van der Waals surface area contributed by atoms with Crippen molar-refractivity contribution < 1.29 is 4.79 Å². The molecule has 21 heavy (non-hydrogen) atoms. The van der Waals surface area contributed by atoms with Gasteiger partial charge in [-0.3, -0.25) is 9.69 Å². The van der Waals surface area contributed by atoms with Crippen molar-refractivity contribution in [2.24, 2.45) is 11.7 Å². The highest BCUT2D eigenvalue weighted by atomic mass is 16.2. The first-order valence-corrected chi connectivity index (χ1v) is 7.80. The molecule has 1 aliphatic rings. The molecule has 0 bridgehead atoms. The molecule has 0 unspecified atom stereocenters. The molecule has 1 heterocycles. The number of hydrogen-bond donors (Lipinski definition) is 1. The molecule has 116 valence electrons. The van der Waals surface area contributed by atoms with Gasteiger partial charge < -0.3 is 10.6 Å². The Bertz CT molecular complexity index is 479. The summed E-state index contributed by atoms with van der Waals surface area (Å²) in [4.78, 5) is 16.6. The van der Waals surface area contributed by atoms with E-state index in [1.165, 1.54) is 11.1 Å². The van der Waals surface area contributed by atoms with E-state index in [9.17, 15) is 4.79 Å². The smallest absolute Gasteiger partial charge is 0.239 e. The Kier molecular flexibility index (Phi) is 5.37. The fourth-order valence-corrected chi connectivity index (χ4v) is 2.65. The molecular formula is C17H27N3O. The summed E-state index contributed by atoms with van der Waals surface area (Å²) in [6.45, 7) is 10.5. The molecule has 0 aromatic heterocycles. The summed E-state index contributed by atoms with van der Waals surface area (Å²) in [6.07, 6.45) is 0. The summed E-state index contributed by atoms with van der Waals surface area (Å²) in [7, 11) is 0. The topological polar surface area (TPSA) is 49.6 Å². The van der Waals surface area contributed by atoms with Gasteiger partial charge in [-0.1, -0.05) is 38.1 Å². The van der Waals surface area contributed by atoms with Gasteiger partial charge in [-0.25, -0.2) is 0 Å². The van der Waals surface area contributed by atoms with Gasteiger partial charge in [-0.15, -0.1) is 0 Å². The van der Waals surface area contributed by atoms with Gasteiger partial charge in [0.1, 0.15) is 0 Å². The number of piperazine rings is 1. The number of aryl methyl sites for hydroxylation is 1. The van der Waals surface area contributed by atoms with E-state index < -0.39 is 0 Å². The minimum atomic E-state index is -0.368. The molecule has 0 spiro atoms. The van der Waals surface area contributed by atoms with E-state index in [1.807, 2.05) is 18.7 Å². The van der Waals surface area contributed by atoms with Gasteiger partial charge in [0, 0.05) is 32.7 Å². The first-order valence-electron chi connectivity index (χ1n) is 7.80. The number of carbonyl (C=O) groups is 1. The largest absolute Gasteiger partial charge is 0.339 e. The number of nitrogens with zero attached hydrogens (tertiary/aromatic N) is 2. The third-order valence-corrected chi connectivity index (χ3v) is 4.34. The molecule has 2 rings (SSSR count). The van der Waals surface area contributed by atoms with E-state index in [1.54, 1.807) is 0 Å². The summed E-state index contributed by atoms with van der Waals surface area (Å²) in [5.74, 6) is 0.294. The van der Waals surface area contributed by atoms with E-state index in [0.717, 1.165) is 32.7 Å².